The molecule has 1 saturated heterocycles. The standard InChI is InChI=1S/C28H31N3O6/c1-18-5-6-19(2)22(12-18)25-14-23(30-37-25)28(33)31(16-21-4-3-11-34-21)10-9-27(32)29-15-20-7-8-24-26(13-20)36-17-35-24/h5-8,12-14,21H,3-4,9-11,15-17H2,1-2H3,(H,29,32)/t21-/m1/s1. The molecule has 2 aromatic carbocycles. The quantitative estimate of drug-likeness (QED) is 0.469. The average Bonchev–Trinajstić information content (AvgIpc) is 3.68. The first kappa shape index (κ1) is 24.8. The van der Waals surface area contributed by atoms with E-state index in [4.69, 9.17) is 18.7 Å². The van der Waals surface area contributed by atoms with Gasteiger partial charge >= 0.3 is 0 Å². The fourth-order valence-corrected chi connectivity index (χ4v) is 4.55. The highest BCUT2D eigenvalue weighted by molar-refractivity contribution is 5.93. The first-order chi connectivity index (χ1) is 18.0. The topological polar surface area (TPSA) is 103 Å². The number of amides is 2. The van der Waals surface area contributed by atoms with Gasteiger partial charge in [0.25, 0.3) is 5.91 Å². The molecule has 5 rings (SSSR count). The van der Waals surface area contributed by atoms with Crippen LogP contribution in [-0.2, 0) is 16.1 Å². The molecule has 194 valence electrons. The monoisotopic (exact) mass is 505 g/mol. The molecule has 1 atom stereocenters. The van der Waals surface area contributed by atoms with Gasteiger partial charge in [-0.15, -0.1) is 0 Å². The molecule has 9 nitrogen and oxygen atoms in total. The number of aryl methyl sites for hydroxylation is 2. The maximum absolute atomic E-state index is 13.4. The largest absolute Gasteiger partial charge is 0.454 e. The Balaban J connectivity index is 1.22. The van der Waals surface area contributed by atoms with Gasteiger partial charge in [0, 0.05) is 44.3 Å². The molecule has 1 N–H and O–H groups in total. The fraction of sp³-hybridized carbons (Fsp3) is 0.393. The molecule has 9 heteroatoms. The van der Waals surface area contributed by atoms with Crippen molar-refractivity contribution in [2.75, 3.05) is 26.5 Å². The minimum absolute atomic E-state index is 0.0500. The number of hydrogen-bond donors (Lipinski definition) is 1. The Hall–Kier alpha value is -3.85. The number of aromatic nitrogens is 1. The van der Waals surface area contributed by atoms with Crippen LogP contribution in [0, 0.1) is 13.8 Å². The van der Waals surface area contributed by atoms with Crippen molar-refractivity contribution in [1.82, 2.24) is 15.4 Å². The third-order valence-electron chi connectivity index (χ3n) is 6.66. The molecule has 2 aliphatic rings. The van der Waals surface area contributed by atoms with E-state index in [1.165, 1.54) is 0 Å². The maximum Gasteiger partial charge on any atom is 0.276 e. The molecule has 2 amide bonds. The van der Waals surface area contributed by atoms with Crippen molar-refractivity contribution in [2.24, 2.45) is 0 Å². The lowest BCUT2D eigenvalue weighted by Crippen LogP contribution is -2.40. The molecule has 1 aromatic heterocycles. The Bertz CT molecular complexity index is 1280. The second-order valence-corrected chi connectivity index (χ2v) is 9.50. The Labute approximate surface area is 215 Å². The van der Waals surface area contributed by atoms with Gasteiger partial charge in [0.2, 0.25) is 12.7 Å². The molecule has 3 aromatic rings. The predicted molar refractivity (Wildman–Crippen MR) is 135 cm³/mol. The fourth-order valence-electron chi connectivity index (χ4n) is 4.55. The number of nitrogens with zero attached hydrogens (tertiary/aromatic N) is 2. The van der Waals surface area contributed by atoms with Crippen molar-refractivity contribution >= 4 is 11.8 Å². The molecule has 0 spiro atoms. The zero-order valence-electron chi connectivity index (χ0n) is 21.1. The Morgan fingerprint density at radius 2 is 1.95 bits per heavy atom. The van der Waals surface area contributed by atoms with Crippen LogP contribution in [0.3, 0.4) is 0 Å². The lowest BCUT2D eigenvalue weighted by atomic mass is 10.0. The van der Waals surface area contributed by atoms with Crippen molar-refractivity contribution in [3.63, 3.8) is 0 Å². The summed E-state index contributed by atoms with van der Waals surface area (Å²) < 4.78 is 22.0. The van der Waals surface area contributed by atoms with Gasteiger partial charge in [0.05, 0.1) is 6.10 Å². The third kappa shape index (κ3) is 5.94. The Morgan fingerprint density at radius 3 is 2.78 bits per heavy atom. The van der Waals surface area contributed by atoms with Crippen molar-refractivity contribution in [1.29, 1.82) is 0 Å². The van der Waals surface area contributed by atoms with Gasteiger partial charge in [-0.25, -0.2) is 0 Å². The number of rotatable bonds is 9. The van der Waals surface area contributed by atoms with E-state index in [2.05, 4.69) is 10.5 Å². The molecule has 0 bridgehead atoms. The van der Waals surface area contributed by atoms with Crippen LogP contribution in [0.25, 0.3) is 11.3 Å². The van der Waals surface area contributed by atoms with E-state index in [1.807, 2.05) is 50.2 Å². The average molecular weight is 506 g/mol. The van der Waals surface area contributed by atoms with Gasteiger partial charge in [0.15, 0.2) is 23.0 Å². The van der Waals surface area contributed by atoms with Crippen LogP contribution in [0.1, 0.15) is 46.4 Å². The molecule has 0 radical (unpaired) electrons. The number of carbonyl (C=O) groups is 2. The smallest absolute Gasteiger partial charge is 0.276 e. The molecule has 3 heterocycles. The molecule has 0 saturated carbocycles. The summed E-state index contributed by atoms with van der Waals surface area (Å²) >= 11 is 0. The second kappa shape index (κ2) is 11.0. The van der Waals surface area contributed by atoms with Crippen LogP contribution >= 0.6 is 0 Å². The number of benzene rings is 2. The van der Waals surface area contributed by atoms with E-state index in [0.29, 0.717) is 37.0 Å². The lowest BCUT2D eigenvalue weighted by Gasteiger charge is -2.24. The summed E-state index contributed by atoms with van der Waals surface area (Å²) in [7, 11) is 0. The third-order valence-corrected chi connectivity index (χ3v) is 6.66. The van der Waals surface area contributed by atoms with E-state index in [1.54, 1.807) is 11.0 Å². The highest BCUT2D eigenvalue weighted by atomic mass is 16.7. The molecule has 37 heavy (non-hydrogen) atoms. The maximum atomic E-state index is 13.4. The van der Waals surface area contributed by atoms with Crippen LogP contribution in [0.15, 0.2) is 47.0 Å². The van der Waals surface area contributed by atoms with E-state index in [0.717, 1.165) is 35.1 Å². The summed E-state index contributed by atoms with van der Waals surface area (Å²) in [5.41, 5.74) is 4.16. The zero-order valence-corrected chi connectivity index (χ0v) is 21.1. The van der Waals surface area contributed by atoms with Crippen molar-refractivity contribution < 1.29 is 28.3 Å². The molecular formula is C28H31N3O6. The van der Waals surface area contributed by atoms with Crippen molar-refractivity contribution in [2.45, 2.75) is 45.8 Å². The first-order valence-electron chi connectivity index (χ1n) is 12.6. The Kier molecular flexibility index (Phi) is 7.41. The predicted octanol–water partition coefficient (Wildman–Crippen LogP) is 4.01. The number of nitrogens with one attached hydrogen (secondary N) is 1. The normalized spacial score (nSPS) is 16.1. The highest BCUT2D eigenvalue weighted by Gasteiger charge is 2.26. The summed E-state index contributed by atoms with van der Waals surface area (Å²) in [6.45, 7) is 5.90. The number of ether oxygens (including phenoxy) is 3. The van der Waals surface area contributed by atoms with E-state index >= 15 is 0 Å². The summed E-state index contributed by atoms with van der Waals surface area (Å²) in [6, 6.07) is 13.3. The van der Waals surface area contributed by atoms with Gasteiger partial charge in [-0.05, 0) is 56.0 Å². The van der Waals surface area contributed by atoms with Gasteiger partial charge in [0.1, 0.15) is 0 Å². The Morgan fingerprint density at radius 1 is 1.08 bits per heavy atom. The minimum Gasteiger partial charge on any atom is -0.454 e. The molecule has 0 aliphatic carbocycles. The molecule has 1 fully saturated rings. The van der Waals surface area contributed by atoms with E-state index in [-0.39, 0.29) is 43.4 Å². The molecule has 2 aliphatic heterocycles. The van der Waals surface area contributed by atoms with Crippen molar-refractivity contribution in [3.05, 3.63) is 64.8 Å². The summed E-state index contributed by atoms with van der Waals surface area (Å²) in [5, 5.41) is 6.98. The van der Waals surface area contributed by atoms with Gasteiger partial charge < -0.3 is 29.0 Å². The van der Waals surface area contributed by atoms with Gasteiger partial charge in [-0.1, -0.05) is 28.9 Å². The second-order valence-electron chi connectivity index (χ2n) is 9.50. The number of hydrogen-bond acceptors (Lipinski definition) is 7. The van der Waals surface area contributed by atoms with Crippen LogP contribution in [0.2, 0.25) is 0 Å². The van der Waals surface area contributed by atoms with Gasteiger partial charge in [-0.2, -0.15) is 0 Å². The zero-order chi connectivity index (χ0) is 25.8. The van der Waals surface area contributed by atoms with E-state index < -0.39 is 0 Å². The van der Waals surface area contributed by atoms with Crippen LogP contribution in [-0.4, -0.2) is 54.5 Å². The van der Waals surface area contributed by atoms with Crippen LogP contribution < -0.4 is 14.8 Å². The first-order valence-corrected chi connectivity index (χ1v) is 12.6. The lowest BCUT2D eigenvalue weighted by molar-refractivity contribution is -0.121. The highest BCUT2D eigenvalue weighted by Crippen LogP contribution is 2.32. The minimum atomic E-state index is -0.278. The van der Waals surface area contributed by atoms with Crippen molar-refractivity contribution in [3.8, 4) is 22.8 Å². The van der Waals surface area contributed by atoms with Crippen LogP contribution in [0.5, 0.6) is 11.5 Å². The summed E-state index contributed by atoms with van der Waals surface area (Å²) in [6.07, 6.45) is 1.95. The summed E-state index contributed by atoms with van der Waals surface area (Å²) in [4.78, 5) is 27.7. The van der Waals surface area contributed by atoms with Crippen LogP contribution in [0.4, 0.5) is 0 Å². The number of fused-ring (bicyclic) bond motifs is 1. The number of carbonyl (C=O) groups excluding carboxylic acids is 2. The van der Waals surface area contributed by atoms with E-state index in [9.17, 15) is 9.59 Å². The SMILES string of the molecule is Cc1ccc(C)c(-c2cc(C(=O)N(CCC(=O)NCc3ccc4c(c3)OCO4)C[C@H]3CCCO3)no2)c1. The molecule has 0 unspecified atom stereocenters. The summed E-state index contributed by atoms with van der Waals surface area (Å²) in [5.74, 6) is 1.49. The van der Waals surface area contributed by atoms with Gasteiger partial charge in [-0.3, -0.25) is 9.59 Å². The molecular weight excluding hydrogens is 474 g/mol.